The number of nitrogens with zero attached hydrogens (tertiary/aromatic N) is 3. The van der Waals surface area contributed by atoms with Gasteiger partial charge in [0.25, 0.3) is 0 Å². The lowest BCUT2D eigenvalue weighted by Crippen LogP contribution is -2.49. The third-order valence-corrected chi connectivity index (χ3v) is 5.71. The van der Waals surface area contributed by atoms with Crippen molar-refractivity contribution >= 4 is 41.3 Å². The largest absolute Gasteiger partial charge is 0.383 e. The molecule has 2 N–H and O–H groups in total. The Morgan fingerprint density at radius 1 is 1.36 bits per heavy atom. The van der Waals surface area contributed by atoms with Crippen molar-refractivity contribution in [3.63, 3.8) is 0 Å². The fourth-order valence-electron chi connectivity index (χ4n) is 3.07. The number of aromatic nitrogens is 1. The van der Waals surface area contributed by atoms with Gasteiger partial charge in [-0.05, 0) is 19.8 Å². The maximum absolute atomic E-state index is 5.18. The first-order valence-electron chi connectivity index (χ1n) is 10.1. The van der Waals surface area contributed by atoms with E-state index in [9.17, 15) is 0 Å². The Hall–Kier alpha value is -0.450. The van der Waals surface area contributed by atoms with Crippen LogP contribution in [-0.4, -0.2) is 68.3 Å². The van der Waals surface area contributed by atoms with Crippen molar-refractivity contribution in [2.75, 3.05) is 46.4 Å². The average Bonchev–Trinajstić information content (AvgIpc) is 3.11. The van der Waals surface area contributed by atoms with Crippen molar-refractivity contribution in [2.45, 2.75) is 58.4 Å². The molecular formula is C20H38IN5OS. The Kier molecular flexibility index (Phi) is 11.9. The molecule has 28 heavy (non-hydrogen) atoms. The molecule has 0 saturated carbocycles. The number of rotatable bonds is 8. The van der Waals surface area contributed by atoms with Crippen LogP contribution in [0, 0.1) is 0 Å². The minimum absolute atomic E-state index is 0. The summed E-state index contributed by atoms with van der Waals surface area (Å²) in [6, 6.07) is 0.494. The van der Waals surface area contributed by atoms with Crippen LogP contribution in [0.5, 0.6) is 0 Å². The van der Waals surface area contributed by atoms with Gasteiger partial charge in [0, 0.05) is 63.1 Å². The second-order valence-electron chi connectivity index (χ2n) is 8.14. The number of thiazole rings is 1. The highest BCUT2D eigenvalue weighted by Crippen LogP contribution is 2.24. The number of guanidine groups is 1. The summed E-state index contributed by atoms with van der Waals surface area (Å²) in [6.45, 7) is 14.5. The van der Waals surface area contributed by atoms with Gasteiger partial charge in [-0.25, -0.2) is 4.98 Å². The summed E-state index contributed by atoms with van der Waals surface area (Å²) >= 11 is 1.75. The predicted octanol–water partition coefficient (Wildman–Crippen LogP) is 3.27. The van der Waals surface area contributed by atoms with E-state index in [1.54, 1.807) is 18.4 Å². The summed E-state index contributed by atoms with van der Waals surface area (Å²) in [5.74, 6) is 0.931. The molecule has 162 valence electrons. The molecule has 1 aliphatic heterocycles. The fourth-order valence-corrected chi connectivity index (χ4v) is 4.08. The smallest absolute Gasteiger partial charge is 0.191 e. The van der Waals surface area contributed by atoms with E-state index in [1.807, 2.05) is 0 Å². The van der Waals surface area contributed by atoms with E-state index in [0.29, 0.717) is 6.04 Å². The zero-order valence-corrected chi connectivity index (χ0v) is 21.2. The van der Waals surface area contributed by atoms with Crippen molar-refractivity contribution in [1.82, 2.24) is 20.5 Å². The fraction of sp³-hybridized carbons (Fsp3) is 0.800. The number of ether oxygens (including phenoxy) is 1. The molecule has 0 radical (unpaired) electrons. The second-order valence-corrected chi connectivity index (χ2v) is 9.08. The van der Waals surface area contributed by atoms with Crippen molar-refractivity contribution in [3.8, 4) is 0 Å². The lowest BCUT2D eigenvalue weighted by Gasteiger charge is -2.32. The number of piperidine rings is 1. The standard InChI is InChI=1S/C20H37N5OS.HI/c1-6-21-19(23-16-8-11-25(12-9-16)13-14-26-5)22-10-7-18-24-17(15-27-18)20(2,3)4;/h15-16H,6-14H2,1-5H3,(H2,21,22,23);1H. The molecular weight excluding hydrogens is 485 g/mol. The number of methoxy groups -OCH3 is 1. The number of hydrogen-bond acceptors (Lipinski definition) is 5. The van der Waals surface area contributed by atoms with Gasteiger partial charge in [-0.15, -0.1) is 35.3 Å². The Balaban J connectivity index is 0.00000392. The van der Waals surface area contributed by atoms with Gasteiger partial charge >= 0.3 is 0 Å². The lowest BCUT2D eigenvalue weighted by atomic mass is 9.93. The summed E-state index contributed by atoms with van der Waals surface area (Å²) in [7, 11) is 1.77. The van der Waals surface area contributed by atoms with E-state index in [2.05, 4.69) is 48.6 Å². The number of nitrogens with one attached hydrogen (secondary N) is 2. The highest BCUT2D eigenvalue weighted by atomic mass is 127. The van der Waals surface area contributed by atoms with Gasteiger partial charge in [-0.3, -0.25) is 4.99 Å². The van der Waals surface area contributed by atoms with Gasteiger partial charge < -0.3 is 20.3 Å². The van der Waals surface area contributed by atoms with Gasteiger partial charge in [0.2, 0.25) is 0 Å². The molecule has 1 saturated heterocycles. The topological polar surface area (TPSA) is 61.8 Å². The molecule has 0 unspecified atom stereocenters. The van der Waals surface area contributed by atoms with Crippen molar-refractivity contribution in [1.29, 1.82) is 0 Å². The van der Waals surface area contributed by atoms with E-state index < -0.39 is 0 Å². The van der Waals surface area contributed by atoms with Crippen molar-refractivity contribution in [3.05, 3.63) is 16.1 Å². The zero-order valence-electron chi connectivity index (χ0n) is 18.1. The van der Waals surface area contributed by atoms with Crippen molar-refractivity contribution in [2.24, 2.45) is 4.99 Å². The lowest BCUT2D eigenvalue weighted by molar-refractivity contribution is 0.128. The quantitative estimate of drug-likeness (QED) is 0.311. The van der Waals surface area contributed by atoms with Crippen LogP contribution in [0.3, 0.4) is 0 Å². The van der Waals surface area contributed by atoms with Gasteiger partial charge in [0.15, 0.2) is 5.96 Å². The van der Waals surface area contributed by atoms with Crippen LogP contribution in [0.15, 0.2) is 10.4 Å². The third-order valence-electron chi connectivity index (χ3n) is 4.80. The van der Waals surface area contributed by atoms with Crippen LogP contribution < -0.4 is 10.6 Å². The molecule has 0 aromatic carbocycles. The zero-order chi connectivity index (χ0) is 19.7. The summed E-state index contributed by atoms with van der Waals surface area (Å²) in [4.78, 5) is 12.0. The molecule has 8 heteroatoms. The molecule has 2 heterocycles. The number of halogens is 1. The van der Waals surface area contributed by atoms with Crippen LogP contribution in [0.1, 0.15) is 51.2 Å². The number of likely N-dealkylation sites (tertiary alicyclic amines) is 1. The van der Waals surface area contributed by atoms with E-state index in [0.717, 1.165) is 64.6 Å². The molecule has 0 bridgehead atoms. The first-order chi connectivity index (χ1) is 12.9. The van der Waals surface area contributed by atoms with Crippen LogP contribution in [0.25, 0.3) is 0 Å². The molecule has 1 aromatic heterocycles. The van der Waals surface area contributed by atoms with E-state index >= 15 is 0 Å². The van der Waals surface area contributed by atoms with Gasteiger partial charge in [-0.1, -0.05) is 20.8 Å². The number of hydrogen-bond donors (Lipinski definition) is 2. The minimum atomic E-state index is 0. The molecule has 1 aliphatic rings. The SMILES string of the molecule is CCNC(=NCCc1nc(C(C)(C)C)cs1)NC1CCN(CCOC)CC1.I. The molecule has 0 aliphatic carbocycles. The molecule has 0 atom stereocenters. The Bertz CT molecular complexity index is 579. The molecule has 6 nitrogen and oxygen atoms in total. The molecule has 0 amide bonds. The molecule has 1 aromatic rings. The molecule has 1 fully saturated rings. The van der Waals surface area contributed by atoms with Gasteiger partial charge in [0.05, 0.1) is 17.3 Å². The Morgan fingerprint density at radius 3 is 2.64 bits per heavy atom. The van der Waals surface area contributed by atoms with Crippen LogP contribution >= 0.6 is 35.3 Å². The summed E-state index contributed by atoms with van der Waals surface area (Å²) in [5.41, 5.74) is 1.30. The highest BCUT2D eigenvalue weighted by Gasteiger charge is 2.20. The maximum atomic E-state index is 5.18. The van der Waals surface area contributed by atoms with Crippen LogP contribution in [0.2, 0.25) is 0 Å². The van der Waals surface area contributed by atoms with E-state index in [4.69, 9.17) is 14.7 Å². The van der Waals surface area contributed by atoms with Crippen LogP contribution in [-0.2, 0) is 16.6 Å². The number of aliphatic imine (C=N–C) groups is 1. The van der Waals surface area contributed by atoms with Gasteiger partial charge in [-0.2, -0.15) is 0 Å². The monoisotopic (exact) mass is 523 g/mol. The molecule has 0 spiro atoms. The third kappa shape index (κ3) is 8.92. The summed E-state index contributed by atoms with van der Waals surface area (Å²) < 4.78 is 5.18. The van der Waals surface area contributed by atoms with Gasteiger partial charge in [0.1, 0.15) is 0 Å². The first-order valence-corrected chi connectivity index (χ1v) is 11.0. The first kappa shape index (κ1) is 25.6. The molecule has 2 rings (SSSR count). The Labute approximate surface area is 192 Å². The summed E-state index contributed by atoms with van der Waals surface area (Å²) in [5, 5.41) is 10.3. The Morgan fingerprint density at radius 2 is 2.07 bits per heavy atom. The predicted molar refractivity (Wildman–Crippen MR) is 130 cm³/mol. The van der Waals surface area contributed by atoms with E-state index in [-0.39, 0.29) is 29.4 Å². The second kappa shape index (κ2) is 13.0. The average molecular weight is 524 g/mol. The highest BCUT2D eigenvalue weighted by molar-refractivity contribution is 14.0. The van der Waals surface area contributed by atoms with E-state index in [1.165, 1.54) is 10.7 Å². The summed E-state index contributed by atoms with van der Waals surface area (Å²) in [6.07, 6.45) is 3.19. The maximum Gasteiger partial charge on any atom is 0.191 e. The van der Waals surface area contributed by atoms with Crippen LogP contribution in [0.4, 0.5) is 0 Å². The van der Waals surface area contributed by atoms with Crippen molar-refractivity contribution < 1.29 is 4.74 Å². The normalized spacial score (nSPS) is 16.7. The minimum Gasteiger partial charge on any atom is -0.383 e.